The molecular weight excluding hydrogens is 178 g/mol. The maximum Gasteiger partial charge on any atom is 0.141 e. The van der Waals surface area contributed by atoms with Crippen LogP contribution in [0.15, 0.2) is 0 Å². The monoisotopic (exact) mass is 197 g/mol. The van der Waals surface area contributed by atoms with Crippen LogP contribution in [0.3, 0.4) is 0 Å². The zero-order chi connectivity index (χ0) is 9.97. The number of nitrogens with two attached hydrogens (primary N) is 1. The Bertz CT molecular complexity index is 211. The highest BCUT2D eigenvalue weighted by molar-refractivity contribution is 5.83. The van der Waals surface area contributed by atoms with Gasteiger partial charge in [-0.05, 0) is 25.7 Å². The molecule has 1 saturated carbocycles. The van der Waals surface area contributed by atoms with Gasteiger partial charge in [0.15, 0.2) is 0 Å². The van der Waals surface area contributed by atoms with Crippen molar-refractivity contribution >= 4 is 5.78 Å². The van der Waals surface area contributed by atoms with Crippen molar-refractivity contribution in [3.8, 4) is 0 Å². The van der Waals surface area contributed by atoms with Crippen LogP contribution in [0.25, 0.3) is 0 Å². The second-order valence-electron chi connectivity index (χ2n) is 4.59. The fourth-order valence-corrected chi connectivity index (χ4v) is 2.58. The van der Waals surface area contributed by atoms with Crippen molar-refractivity contribution in [3.63, 3.8) is 0 Å². The number of ether oxygens (including phenoxy) is 1. The number of carbonyl (C=O) groups excluding carboxylic acids is 1. The zero-order valence-electron chi connectivity index (χ0n) is 8.58. The first-order valence-electron chi connectivity index (χ1n) is 5.64. The van der Waals surface area contributed by atoms with Gasteiger partial charge in [-0.25, -0.2) is 0 Å². The van der Waals surface area contributed by atoms with Crippen molar-refractivity contribution in [2.45, 2.75) is 38.1 Å². The Morgan fingerprint density at radius 1 is 1.21 bits per heavy atom. The Morgan fingerprint density at radius 2 is 2.07 bits per heavy atom. The molecule has 2 N–H and O–H groups in total. The summed E-state index contributed by atoms with van der Waals surface area (Å²) in [5.74, 6) is 0.813. The predicted octanol–water partition coefficient (Wildman–Crippen LogP) is 1.11. The second kappa shape index (κ2) is 4.41. The van der Waals surface area contributed by atoms with E-state index in [1.165, 1.54) is 0 Å². The summed E-state index contributed by atoms with van der Waals surface area (Å²) >= 11 is 0. The largest absolute Gasteiger partial charge is 0.381 e. The van der Waals surface area contributed by atoms with Crippen molar-refractivity contribution in [2.75, 3.05) is 13.2 Å². The topological polar surface area (TPSA) is 52.3 Å². The number of rotatable bonds is 2. The molecule has 2 rings (SSSR count). The van der Waals surface area contributed by atoms with Crippen molar-refractivity contribution < 1.29 is 9.53 Å². The van der Waals surface area contributed by atoms with E-state index in [0.717, 1.165) is 38.7 Å². The molecular formula is C11H19NO2. The smallest absolute Gasteiger partial charge is 0.141 e. The normalized spacial score (nSPS) is 38.5. The van der Waals surface area contributed by atoms with Gasteiger partial charge >= 0.3 is 0 Å². The summed E-state index contributed by atoms with van der Waals surface area (Å²) < 4.78 is 5.24. The first-order chi connectivity index (χ1) is 6.77. The molecule has 2 aliphatic rings. The van der Waals surface area contributed by atoms with Crippen LogP contribution in [0.1, 0.15) is 32.1 Å². The molecule has 0 aromatic carbocycles. The van der Waals surface area contributed by atoms with Crippen LogP contribution in [0.5, 0.6) is 0 Å². The van der Waals surface area contributed by atoms with E-state index in [2.05, 4.69) is 0 Å². The van der Waals surface area contributed by atoms with Crippen LogP contribution in [-0.4, -0.2) is 25.0 Å². The van der Waals surface area contributed by atoms with E-state index in [4.69, 9.17) is 10.5 Å². The molecule has 0 bridgehead atoms. The third-order valence-electron chi connectivity index (χ3n) is 3.45. The van der Waals surface area contributed by atoms with Gasteiger partial charge in [-0.2, -0.15) is 0 Å². The molecule has 0 amide bonds. The van der Waals surface area contributed by atoms with E-state index < -0.39 is 0 Å². The second-order valence-corrected chi connectivity index (χ2v) is 4.59. The average Bonchev–Trinajstić information content (AvgIpc) is 2.69. The lowest BCUT2D eigenvalue weighted by Gasteiger charge is -2.27. The van der Waals surface area contributed by atoms with Gasteiger partial charge in [0.05, 0.1) is 6.61 Å². The summed E-state index contributed by atoms with van der Waals surface area (Å²) in [7, 11) is 0. The molecule has 3 atom stereocenters. The fourth-order valence-electron chi connectivity index (χ4n) is 2.58. The van der Waals surface area contributed by atoms with Crippen LogP contribution < -0.4 is 5.73 Å². The van der Waals surface area contributed by atoms with Crippen LogP contribution >= 0.6 is 0 Å². The fraction of sp³-hybridized carbons (Fsp3) is 0.909. The molecule has 1 aliphatic heterocycles. The SMILES string of the molecule is NC1CCCC(C(=O)C2CCOC2)C1. The summed E-state index contributed by atoms with van der Waals surface area (Å²) in [6.45, 7) is 1.40. The standard InChI is InChI=1S/C11H19NO2/c12-10-3-1-2-8(6-10)11(13)9-4-5-14-7-9/h8-10H,1-7,12H2. The molecule has 0 aromatic rings. The Hall–Kier alpha value is -0.410. The molecule has 0 radical (unpaired) electrons. The Kier molecular flexibility index (Phi) is 3.19. The van der Waals surface area contributed by atoms with Crippen LogP contribution in [0.2, 0.25) is 0 Å². The lowest BCUT2D eigenvalue weighted by Crippen LogP contribution is -2.34. The van der Waals surface area contributed by atoms with Gasteiger partial charge in [-0.15, -0.1) is 0 Å². The number of hydrogen-bond donors (Lipinski definition) is 1. The van der Waals surface area contributed by atoms with E-state index in [1.54, 1.807) is 0 Å². The van der Waals surface area contributed by atoms with Crippen molar-refractivity contribution in [3.05, 3.63) is 0 Å². The lowest BCUT2D eigenvalue weighted by molar-refractivity contribution is -0.127. The van der Waals surface area contributed by atoms with Crippen molar-refractivity contribution in [1.29, 1.82) is 0 Å². The predicted molar refractivity (Wildman–Crippen MR) is 53.9 cm³/mol. The van der Waals surface area contributed by atoms with E-state index in [1.807, 2.05) is 0 Å². The molecule has 3 heteroatoms. The van der Waals surface area contributed by atoms with Gasteiger partial charge in [0.2, 0.25) is 0 Å². The van der Waals surface area contributed by atoms with Crippen LogP contribution in [0.4, 0.5) is 0 Å². The first kappa shape index (κ1) is 10.1. The Balaban J connectivity index is 1.89. The average molecular weight is 197 g/mol. The minimum absolute atomic E-state index is 0.172. The number of ketones is 1. The Labute approximate surface area is 85.0 Å². The number of carbonyl (C=O) groups is 1. The summed E-state index contributed by atoms with van der Waals surface area (Å²) in [5, 5.41) is 0. The van der Waals surface area contributed by atoms with E-state index in [9.17, 15) is 4.79 Å². The minimum atomic E-state index is 0.172. The van der Waals surface area contributed by atoms with E-state index >= 15 is 0 Å². The quantitative estimate of drug-likeness (QED) is 0.721. The van der Waals surface area contributed by atoms with Crippen molar-refractivity contribution in [2.24, 2.45) is 17.6 Å². The molecule has 1 saturated heterocycles. The zero-order valence-corrected chi connectivity index (χ0v) is 8.58. The summed E-state index contributed by atoms with van der Waals surface area (Å²) in [6, 6.07) is 0.250. The molecule has 80 valence electrons. The number of Topliss-reactive ketones (excluding diaryl/α,β-unsaturated/α-hetero) is 1. The minimum Gasteiger partial charge on any atom is -0.381 e. The van der Waals surface area contributed by atoms with E-state index in [-0.39, 0.29) is 17.9 Å². The highest BCUT2D eigenvalue weighted by atomic mass is 16.5. The lowest BCUT2D eigenvalue weighted by atomic mass is 9.79. The molecule has 2 fully saturated rings. The van der Waals surface area contributed by atoms with E-state index in [0.29, 0.717) is 12.4 Å². The van der Waals surface area contributed by atoms with Gasteiger partial charge in [-0.1, -0.05) is 6.42 Å². The maximum absolute atomic E-state index is 12.0. The summed E-state index contributed by atoms with van der Waals surface area (Å²) in [6.07, 6.45) is 5.07. The van der Waals surface area contributed by atoms with Crippen molar-refractivity contribution in [1.82, 2.24) is 0 Å². The molecule has 0 aromatic heterocycles. The van der Waals surface area contributed by atoms with Crippen LogP contribution in [0, 0.1) is 11.8 Å². The molecule has 14 heavy (non-hydrogen) atoms. The van der Waals surface area contributed by atoms with Crippen LogP contribution in [-0.2, 0) is 9.53 Å². The summed E-state index contributed by atoms with van der Waals surface area (Å²) in [4.78, 5) is 12.0. The van der Waals surface area contributed by atoms with Gasteiger partial charge in [-0.3, -0.25) is 4.79 Å². The molecule has 3 nitrogen and oxygen atoms in total. The molecule has 3 unspecified atom stereocenters. The highest BCUT2D eigenvalue weighted by Crippen LogP contribution is 2.28. The third kappa shape index (κ3) is 2.15. The first-order valence-corrected chi connectivity index (χ1v) is 5.64. The molecule has 0 spiro atoms. The van der Waals surface area contributed by atoms with Gasteiger partial charge in [0, 0.05) is 24.5 Å². The molecule has 1 aliphatic carbocycles. The third-order valence-corrected chi connectivity index (χ3v) is 3.45. The highest BCUT2D eigenvalue weighted by Gasteiger charge is 2.32. The number of hydrogen-bond acceptors (Lipinski definition) is 3. The van der Waals surface area contributed by atoms with Gasteiger partial charge in [0.1, 0.15) is 5.78 Å². The maximum atomic E-state index is 12.0. The van der Waals surface area contributed by atoms with Gasteiger partial charge in [0.25, 0.3) is 0 Å². The summed E-state index contributed by atoms with van der Waals surface area (Å²) in [5.41, 5.74) is 5.88. The molecule has 1 heterocycles. The van der Waals surface area contributed by atoms with Gasteiger partial charge < -0.3 is 10.5 Å². The Morgan fingerprint density at radius 3 is 2.71 bits per heavy atom.